The van der Waals surface area contributed by atoms with E-state index in [0.717, 1.165) is 47.9 Å². The Morgan fingerprint density at radius 2 is 1.19 bits per heavy atom. The molecule has 4 aromatic carbocycles. The van der Waals surface area contributed by atoms with Crippen molar-refractivity contribution in [2.75, 3.05) is 0 Å². The van der Waals surface area contributed by atoms with E-state index in [1.165, 1.54) is 0 Å². The first-order chi connectivity index (χ1) is 18.2. The molecule has 0 spiro atoms. The molecule has 0 atom stereocenters. The normalized spacial score (nSPS) is 13.3. The van der Waals surface area contributed by atoms with E-state index in [-0.39, 0.29) is 5.92 Å². The van der Waals surface area contributed by atoms with Crippen LogP contribution in [0.1, 0.15) is 70.4 Å². The molecule has 0 unspecified atom stereocenters. The lowest BCUT2D eigenvalue weighted by atomic mass is 9.86. The third-order valence-electron chi connectivity index (χ3n) is 6.99. The predicted molar refractivity (Wildman–Crippen MR) is 145 cm³/mol. The number of aryl methyl sites for hydroxylation is 1. The fraction of sp³-hybridized carbons (Fsp3) is 0.212. The molecule has 0 aliphatic heterocycles. The number of carbonyl (C=O) groups excluding carboxylic acids is 2. The molecule has 4 heteroatoms. The summed E-state index contributed by atoms with van der Waals surface area (Å²) in [6.07, 6.45) is 4.82. The molecule has 0 saturated heterocycles. The number of benzene rings is 4. The van der Waals surface area contributed by atoms with E-state index in [4.69, 9.17) is 9.47 Å². The summed E-state index contributed by atoms with van der Waals surface area (Å²) >= 11 is 0. The highest BCUT2D eigenvalue weighted by molar-refractivity contribution is 5.94. The third-order valence-corrected chi connectivity index (χ3v) is 6.99. The summed E-state index contributed by atoms with van der Waals surface area (Å²) in [6.45, 7) is 2.02. The van der Waals surface area contributed by atoms with Crippen LogP contribution >= 0.6 is 0 Å². The average Bonchev–Trinajstić information content (AvgIpc) is 3.49. The highest BCUT2D eigenvalue weighted by Crippen LogP contribution is 2.50. The first-order valence-electron chi connectivity index (χ1n) is 12.9. The van der Waals surface area contributed by atoms with Crippen LogP contribution in [0.3, 0.4) is 0 Å². The SMILES string of the molecule is CCc1cc(-c2ccccc2)c(C2CCCC2)c(OC(=O)c2ccccc2)c1OC(=O)c1ccccc1. The van der Waals surface area contributed by atoms with Crippen molar-refractivity contribution in [2.24, 2.45) is 0 Å². The van der Waals surface area contributed by atoms with Crippen LogP contribution in [0.2, 0.25) is 0 Å². The van der Waals surface area contributed by atoms with Gasteiger partial charge in [-0.05, 0) is 72.2 Å². The lowest BCUT2D eigenvalue weighted by Crippen LogP contribution is -2.16. The van der Waals surface area contributed by atoms with E-state index in [2.05, 4.69) is 18.2 Å². The molecule has 0 radical (unpaired) electrons. The minimum absolute atomic E-state index is 0.203. The summed E-state index contributed by atoms with van der Waals surface area (Å²) in [5.41, 5.74) is 4.74. The lowest BCUT2D eigenvalue weighted by Gasteiger charge is -2.24. The molecular formula is C33H30O4. The van der Waals surface area contributed by atoms with Crippen molar-refractivity contribution in [1.29, 1.82) is 0 Å². The molecule has 1 fully saturated rings. The molecule has 1 aliphatic carbocycles. The summed E-state index contributed by atoms with van der Waals surface area (Å²) in [4.78, 5) is 26.6. The molecule has 0 heterocycles. The van der Waals surface area contributed by atoms with Crippen LogP contribution in [-0.4, -0.2) is 11.9 Å². The Hall–Kier alpha value is -4.18. The topological polar surface area (TPSA) is 52.6 Å². The van der Waals surface area contributed by atoms with Crippen molar-refractivity contribution in [2.45, 2.75) is 44.9 Å². The fourth-order valence-corrected chi connectivity index (χ4v) is 5.11. The average molecular weight is 491 g/mol. The van der Waals surface area contributed by atoms with Gasteiger partial charge in [-0.25, -0.2) is 9.59 Å². The molecule has 37 heavy (non-hydrogen) atoms. The first-order valence-corrected chi connectivity index (χ1v) is 12.9. The number of hydrogen-bond donors (Lipinski definition) is 0. The van der Waals surface area contributed by atoms with Crippen molar-refractivity contribution in [3.8, 4) is 22.6 Å². The van der Waals surface area contributed by atoms with Gasteiger partial charge >= 0.3 is 11.9 Å². The number of carbonyl (C=O) groups is 2. The maximum absolute atomic E-state index is 13.4. The van der Waals surface area contributed by atoms with E-state index in [1.54, 1.807) is 36.4 Å². The summed E-state index contributed by atoms with van der Waals surface area (Å²) < 4.78 is 12.3. The maximum Gasteiger partial charge on any atom is 0.343 e. The molecule has 0 aromatic heterocycles. The second kappa shape index (κ2) is 11.3. The van der Waals surface area contributed by atoms with Gasteiger partial charge in [0.1, 0.15) is 0 Å². The van der Waals surface area contributed by atoms with Gasteiger partial charge in [-0.2, -0.15) is 0 Å². The van der Waals surface area contributed by atoms with Crippen molar-refractivity contribution >= 4 is 11.9 Å². The molecule has 4 aromatic rings. The maximum atomic E-state index is 13.4. The van der Waals surface area contributed by atoms with Crippen molar-refractivity contribution in [3.05, 3.63) is 119 Å². The van der Waals surface area contributed by atoms with Crippen LogP contribution in [0, 0.1) is 0 Å². The zero-order valence-electron chi connectivity index (χ0n) is 21.0. The third kappa shape index (κ3) is 5.34. The van der Waals surface area contributed by atoms with Gasteiger partial charge in [0.15, 0.2) is 11.5 Å². The smallest absolute Gasteiger partial charge is 0.343 e. The molecule has 4 nitrogen and oxygen atoms in total. The minimum atomic E-state index is -0.475. The van der Waals surface area contributed by atoms with Crippen molar-refractivity contribution in [3.63, 3.8) is 0 Å². The highest BCUT2D eigenvalue weighted by Gasteiger charge is 2.31. The molecule has 186 valence electrons. The van der Waals surface area contributed by atoms with E-state index in [0.29, 0.717) is 29.0 Å². The van der Waals surface area contributed by atoms with Gasteiger partial charge in [0, 0.05) is 5.56 Å². The second-order valence-electron chi connectivity index (χ2n) is 9.37. The van der Waals surface area contributed by atoms with Gasteiger partial charge in [0.05, 0.1) is 11.1 Å². The molecule has 1 saturated carbocycles. The zero-order chi connectivity index (χ0) is 25.6. The lowest BCUT2D eigenvalue weighted by molar-refractivity contribution is 0.0679. The Labute approximate surface area is 217 Å². The molecule has 0 N–H and O–H groups in total. The van der Waals surface area contributed by atoms with Crippen molar-refractivity contribution < 1.29 is 19.1 Å². The quantitative estimate of drug-likeness (QED) is 0.194. The summed E-state index contributed by atoms with van der Waals surface area (Å²) in [5, 5.41) is 0. The van der Waals surface area contributed by atoms with Gasteiger partial charge in [0.25, 0.3) is 0 Å². The Morgan fingerprint density at radius 3 is 1.70 bits per heavy atom. The number of esters is 2. The van der Waals surface area contributed by atoms with Crippen LogP contribution in [0.15, 0.2) is 97.1 Å². The summed E-state index contributed by atoms with van der Waals surface area (Å²) in [5.74, 6) is -0.0411. The summed E-state index contributed by atoms with van der Waals surface area (Å²) in [6, 6.07) is 30.1. The van der Waals surface area contributed by atoms with E-state index < -0.39 is 11.9 Å². The van der Waals surface area contributed by atoms with Gasteiger partial charge in [0.2, 0.25) is 0 Å². The predicted octanol–water partition coefficient (Wildman–Crippen LogP) is 8.01. The Balaban J connectivity index is 1.71. The standard InChI is InChI=1S/C33H30O4/c1-2-23-22-28(24-14-6-3-7-15-24)29(25-16-12-13-17-25)31(37-33(35)27-20-10-5-11-21-27)30(23)36-32(34)26-18-8-4-9-19-26/h3-11,14-15,18-22,25H,2,12-13,16-17H2,1H3. The monoisotopic (exact) mass is 490 g/mol. The van der Waals surface area contributed by atoms with E-state index in [9.17, 15) is 9.59 Å². The molecule has 0 bridgehead atoms. The minimum Gasteiger partial charge on any atom is -0.419 e. The fourth-order valence-electron chi connectivity index (χ4n) is 5.11. The van der Waals surface area contributed by atoms with E-state index in [1.807, 2.05) is 49.4 Å². The van der Waals surface area contributed by atoms with Gasteiger partial charge in [-0.1, -0.05) is 86.5 Å². The van der Waals surface area contributed by atoms with E-state index >= 15 is 0 Å². The highest BCUT2D eigenvalue weighted by atomic mass is 16.6. The number of ether oxygens (including phenoxy) is 2. The van der Waals surface area contributed by atoms with Crippen LogP contribution in [-0.2, 0) is 6.42 Å². The van der Waals surface area contributed by atoms with Gasteiger partial charge in [-0.15, -0.1) is 0 Å². The van der Waals surface area contributed by atoms with Crippen molar-refractivity contribution in [1.82, 2.24) is 0 Å². The largest absolute Gasteiger partial charge is 0.419 e. The zero-order valence-corrected chi connectivity index (χ0v) is 21.0. The number of rotatable bonds is 7. The Kier molecular flexibility index (Phi) is 7.46. The van der Waals surface area contributed by atoms with Crippen LogP contribution < -0.4 is 9.47 Å². The first kappa shape index (κ1) is 24.5. The summed E-state index contributed by atoms with van der Waals surface area (Å²) in [7, 11) is 0. The Morgan fingerprint density at radius 1 is 0.703 bits per heavy atom. The molecule has 1 aliphatic rings. The molecule has 0 amide bonds. The van der Waals surface area contributed by atoms with Crippen LogP contribution in [0.5, 0.6) is 11.5 Å². The second-order valence-corrected chi connectivity index (χ2v) is 9.37. The van der Waals surface area contributed by atoms with Gasteiger partial charge < -0.3 is 9.47 Å². The Bertz CT molecular complexity index is 1370. The van der Waals surface area contributed by atoms with Gasteiger partial charge in [-0.3, -0.25) is 0 Å². The van der Waals surface area contributed by atoms with Crippen LogP contribution in [0.25, 0.3) is 11.1 Å². The number of hydrogen-bond acceptors (Lipinski definition) is 4. The molecular weight excluding hydrogens is 460 g/mol. The van der Waals surface area contributed by atoms with Crippen LogP contribution in [0.4, 0.5) is 0 Å². The molecule has 5 rings (SSSR count).